The molecular weight excluding hydrogens is 278 g/mol. The zero-order valence-electron chi connectivity index (χ0n) is 9.59. The summed E-state index contributed by atoms with van der Waals surface area (Å²) < 4.78 is 25.2. The van der Waals surface area contributed by atoms with Crippen LogP contribution in [0, 0.1) is 11.3 Å². The van der Waals surface area contributed by atoms with E-state index in [1.807, 2.05) is 6.07 Å². The van der Waals surface area contributed by atoms with E-state index in [-0.39, 0.29) is 28.7 Å². The van der Waals surface area contributed by atoms with Gasteiger partial charge < -0.3 is 5.43 Å². The van der Waals surface area contributed by atoms with Gasteiger partial charge in [-0.1, -0.05) is 11.6 Å². The van der Waals surface area contributed by atoms with Gasteiger partial charge in [0.1, 0.15) is 4.90 Å². The molecule has 1 rings (SSSR count). The molecule has 0 amide bonds. The van der Waals surface area contributed by atoms with Crippen molar-refractivity contribution in [3.8, 4) is 6.07 Å². The standard InChI is InChI=1S/C9H12ClN5O2S/c1-15(4-2-3-11)18(16,17)7-5-8(10)9(14-12)13-6-7/h5-6H,2,4,12H2,1H3,(H,13,14). The second-order valence-electron chi connectivity index (χ2n) is 3.38. The maximum Gasteiger partial charge on any atom is 0.244 e. The van der Waals surface area contributed by atoms with Gasteiger partial charge in [-0.15, -0.1) is 0 Å². The summed E-state index contributed by atoms with van der Waals surface area (Å²) >= 11 is 5.80. The van der Waals surface area contributed by atoms with E-state index in [4.69, 9.17) is 22.7 Å². The van der Waals surface area contributed by atoms with Gasteiger partial charge in [0, 0.05) is 26.2 Å². The summed E-state index contributed by atoms with van der Waals surface area (Å²) in [6, 6.07) is 3.13. The Hall–Kier alpha value is -1.40. The summed E-state index contributed by atoms with van der Waals surface area (Å²) in [5.41, 5.74) is 2.24. The molecule has 0 bridgehead atoms. The van der Waals surface area contributed by atoms with Gasteiger partial charge in [0.2, 0.25) is 10.0 Å². The van der Waals surface area contributed by atoms with Crippen molar-refractivity contribution in [3.63, 3.8) is 0 Å². The first kappa shape index (κ1) is 14.7. The van der Waals surface area contributed by atoms with E-state index in [9.17, 15) is 8.42 Å². The lowest BCUT2D eigenvalue weighted by molar-refractivity contribution is 0.476. The van der Waals surface area contributed by atoms with Gasteiger partial charge in [-0.25, -0.2) is 19.2 Å². The molecule has 0 saturated carbocycles. The molecule has 0 aromatic carbocycles. The average Bonchev–Trinajstić information content (AvgIpc) is 2.35. The molecule has 0 atom stereocenters. The van der Waals surface area contributed by atoms with Crippen LogP contribution in [0.4, 0.5) is 5.82 Å². The number of hydrogen-bond acceptors (Lipinski definition) is 6. The largest absolute Gasteiger partial charge is 0.307 e. The van der Waals surface area contributed by atoms with Crippen LogP contribution in [0.25, 0.3) is 0 Å². The normalized spacial score (nSPS) is 11.3. The smallest absolute Gasteiger partial charge is 0.244 e. The van der Waals surface area contributed by atoms with Crippen molar-refractivity contribution < 1.29 is 8.42 Å². The first-order valence-corrected chi connectivity index (χ1v) is 6.70. The van der Waals surface area contributed by atoms with Crippen molar-refractivity contribution in [2.24, 2.45) is 5.84 Å². The fraction of sp³-hybridized carbons (Fsp3) is 0.333. The summed E-state index contributed by atoms with van der Waals surface area (Å²) in [4.78, 5) is 3.74. The lowest BCUT2D eigenvalue weighted by Gasteiger charge is -2.15. The maximum atomic E-state index is 12.1. The number of hydrazine groups is 1. The molecule has 0 radical (unpaired) electrons. The predicted octanol–water partition coefficient (Wildman–Crippen LogP) is 0.555. The summed E-state index contributed by atoms with van der Waals surface area (Å²) in [7, 11) is -2.31. The Kier molecular flexibility index (Phi) is 4.86. The second kappa shape index (κ2) is 5.97. The highest BCUT2D eigenvalue weighted by molar-refractivity contribution is 7.89. The molecule has 0 spiro atoms. The number of nitrogens with two attached hydrogens (primary N) is 1. The van der Waals surface area contributed by atoms with Gasteiger partial charge in [-0.05, 0) is 6.07 Å². The van der Waals surface area contributed by atoms with E-state index >= 15 is 0 Å². The number of pyridine rings is 1. The van der Waals surface area contributed by atoms with E-state index < -0.39 is 10.0 Å². The number of rotatable bonds is 5. The maximum absolute atomic E-state index is 12.1. The lowest BCUT2D eigenvalue weighted by Crippen LogP contribution is -2.28. The molecule has 0 aliphatic heterocycles. The van der Waals surface area contributed by atoms with Crippen molar-refractivity contribution in [2.45, 2.75) is 11.3 Å². The quantitative estimate of drug-likeness (QED) is 0.605. The minimum atomic E-state index is -3.69. The fourth-order valence-corrected chi connectivity index (χ4v) is 2.61. The molecule has 0 aliphatic carbocycles. The Morgan fingerprint density at radius 1 is 1.67 bits per heavy atom. The number of anilines is 1. The van der Waals surface area contributed by atoms with Crippen LogP contribution < -0.4 is 11.3 Å². The number of nitriles is 1. The molecule has 0 unspecified atom stereocenters. The van der Waals surface area contributed by atoms with Crippen LogP contribution >= 0.6 is 11.6 Å². The van der Waals surface area contributed by atoms with Crippen LogP contribution in [0.2, 0.25) is 5.02 Å². The predicted molar refractivity (Wildman–Crippen MR) is 67.1 cm³/mol. The van der Waals surface area contributed by atoms with Gasteiger partial charge in [0.25, 0.3) is 0 Å². The number of nitrogen functional groups attached to an aromatic ring is 1. The SMILES string of the molecule is CN(CCC#N)S(=O)(=O)c1cnc(NN)c(Cl)c1. The third kappa shape index (κ3) is 3.08. The summed E-state index contributed by atoms with van der Waals surface area (Å²) in [6.45, 7) is 0.105. The van der Waals surface area contributed by atoms with E-state index in [0.29, 0.717) is 0 Å². The second-order valence-corrected chi connectivity index (χ2v) is 5.83. The number of sulfonamides is 1. The van der Waals surface area contributed by atoms with E-state index in [1.165, 1.54) is 13.1 Å². The highest BCUT2D eigenvalue weighted by Crippen LogP contribution is 2.23. The highest BCUT2D eigenvalue weighted by Gasteiger charge is 2.21. The minimum absolute atomic E-state index is 0.0491. The number of nitrogens with one attached hydrogen (secondary N) is 1. The van der Waals surface area contributed by atoms with Gasteiger partial charge in [0.05, 0.1) is 11.1 Å². The molecular formula is C9H12ClN5O2S. The monoisotopic (exact) mass is 289 g/mol. The summed E-state index contributed by atoms with van der Waals surface area (Å²) in [5, 5.41) is 8.54. The Morgan fingerprint density at radius 3 is 2.83 bits per heavy atom. The Morgan fingerprint density at radius 2 is 2.33 bits per heavy atom. The highest BCUT2D eigenvalue weighted by atomic mass is 35.5. The van der Waals surface area contributed by atoms with Crippen LogP contribution in [-0.4, -0.2) is 31.3 Å². The molecule has 1 heterocycles. The van der Waals surface area contributed by atoms with E-state index in [0.717, 1.165) is 10.5 Å². The summed E-state index contributed by atoms with van der Waals surface area (Å²) in [6.07, 6.45) is 1.26. The third-order valence-corrected chi connectivity index (χ3v) is 4.31. The van der Waals surface area contributed by atoms with E-state index in [2.05, 4.69) is 10.4 Å². The van der Waals surface area contributed by atoms with Crippen molar-refractivity contribution >= 4 is 27.4 Å². The first-order valence-electron chi connectivity index (χ1n) is 4.89. The van der Waals surface area contributed by atoms with Gasteiger partial charge >= 0.3 is 0 Å². The fourth-order valence-electron chi connectivity index (χ4n) is 1.18. The zero-order chi connectivity index (χ0) is 13.8. The molecule has 1 aromatic rings. The lowest BCUT2D eigenvalue weighted by atomic mass is 10.5. The number of aromatic nitrogens is 1. The van der Waals surface area contributed by atoms with Gasteiger partial charge in [-0.3, -0.25) is 0 Å². The number of halogens is 1. The molecule has 98 valence electrons. The Bertz CT molecular complexity index is 569. The van der Waals surface area contributed by atoms with Gasteiger partial charge in [0.15, 0.2) is 5.82 Å². The molecule has 9 heteroatoms. The van der Waals surface area contributed by atoms with E-state index in [1.54, 1.807) is 0 Å². The zero-order valence-corrected chi connectivity index (χ0v) is 11.2. The summed E-state index contributed by atoms with van der Waals surface area (Å²) in [5.74, 6) is 5.33. The Labute approximate surface area is 110 Å². The molecule has 1 aromatic heterocycles. The van der Waals surface area contributed by atoms with Crippen LogP contribution in [0.15, 0.2) is 17.2 Å². The van der Waals surface area contributed by atoms with Crippen molar-refractivity contribution in [1.82, 2.24) is 9.29 Å². The third-order valence-electron chi connectivity index (χ3n) is 2.20. The van der Waals surface area contributed by atoms with Crippen molar-refractivity contribution in [2.75, 3.05) is 19.0 Å². The van der Waals surface area contributed by atoms with Crippen molar-refractivity contribution in [1.29, 1.82) is 5.26 Å². The molecule has 0 fully saturated rings. The first-order chi connectivity index (χ1) is 8.43. The average molecular weight is 290 g/mol. The van der Waals surface area contributed by atoms with Crippen LogP contribution in [0.1, 0.15) is 6.42 Å². The van der Waals surface area contributed by atoms with Crippen LogP contribution in [0.3, 0.4) is 0 Å². The van der Waals surface area contributed by atoms with Crippen molar-refractivity contribution in [3.05, 3.63) is 17.3 Å². The number of hydrogen-bond donors (Lipinski definition) is 2. The Balaban J connectivity index is 3.06. The topological polar surface area (TPSA) is 112 Å². The van der Waals surface area contributed by atoms with Crippen LogP contribution in [-0.2, 0) is 10.0 Å². The van der Waals surface area contributed by atoms with Crippen LogP contribution in [0.5, 0.6) is 0 Å². The number of nitrogens with zero attached hydrogens (tertiary/aromatic N) is 3. The van der Waals surface area contributed by atoms with Gasteiger partial charge in [-0.2, -0.15) is 9.57 Å². The molecule has 18 heavy (non-hydrogen) atoms. The molecule has 7 nitrogen and oxygen atoms in total. The molecule has 0 saturated heterocycles. The molecule has 0 aliphatic rings. The minimum Gasteiger partial charge on any atom is -0.307 e. The molecule has 3 N–H and O–H groups in total.